The summed E-state index contributed by atoms with van der Waals surface area (Å²) in [6, 6.07) is 62.4. The normalized spacial score (nSPS) is 11.8. The molecule has 0 saturated carbocycles. The quantitative estimate of drug-likeness (QED) is 0.181. The molecule has 11 aromatic rings. The summed E-state index contributed by atoms with van der Waals surface area (Å²) in [6.07, 6.45) is 0. The SMILES string of the molecule is c1ccc(-c2ccc(-c3ccc(N(c4cc5c6ccccc6oc5c5c4oc4ccccc45)c4cccc5c4sc4ccccc45)cc3)cc2)cc1. The Labute approximate surface area is 303 Å². The fraction of sp³-hybridized carbons (Fsp3) is 0. The minimum absolute atomic E-state index is 0.798. The van der Waals surface area contributed by atoms with E-state index in [2.05, 4.69) is 157 Å². The van der Waals surface area contributed by atoms with Crippen LogP contribution in [0.3, 0.4) is 0 Å². The van der Waals surface area contributed by atoms with Crippen LogP contribution in [0.15, 0.2) is 185 Å². The Balaban J connectivity index is 1.16. The highest BCUT2D eigenvalue weighted by molar-refractivity contribution is 7.26. The molecule has 0 aliphatic heterocycles. The predicted octanol–water partition coefficient (Wildman–Crippen LogP) is 14.7. The van der Waals surface area contributed by atoms with E-state index in [0.717, 1.165) is 66.5 Å². The van der Waals surface area contributed by atoms with Crippen molar-refractivity contribution in [2.24, 2.45) is 0 Å². The third kappa shape index (κ3) is 4.45. The predicted molar refractivity (Wildman–Crippen MR) is 219 cm³/mol. The number of anilines is 3. The molecule has 0 N–H and O–H groups in total. The summed E-state index contributed by atoms with van der Waals surface area (Å²) in [6.45, 7) is 0. The van der Waals surface area contributed by atoms with Crippen LogP contribution in [-0.2, 0) is 0 Å². The first-order chi connectivity index (χ1) is 25.8. The molecule has 244 valence electrons. The molecule has 0 bridgehead atoms. The lowest BCUT2D eigenvalue weighted by Gasteiger charge is -2.26. The van der Waals surface area contributed by atoms with Crippen LogP contribution in [0, 0.1) is 0 Å². The molecular weight excluding hydrogens is 655 g/mol. The third-order valence-corrected chi connectivity index (χ3v) is 11.5. The van der Waals surface area contributed by atoms with Gasteiger partial charge in [0.15, 0.2) is 5.58 Å². The first-order valence-corrected chi connectivity index (χ1v) is 18.3. The van der Waals surface area contributed by atoms with Crippen molar-refractivity contribution >= 4 is 92.4 Å². The van der Waals surface area contributed by atoms with E-state index in [-0.39, 0.29) is 0 Å². The van der Waals surface area contributed by atoms with Gasteiger partial charge in [-0.3, -0.25) is 0 Å². The van der Waals surface area contributed by atoms with E-state index in [0.29, 0.717) is 0 Å². The largest absolute Gasteiger partial charge is 0.455 e. The standard InChI is InChI=1S/C48H29NO2S/c1-2-11-30(12-3-1)31-21-23-32(24-22-31)33-25-27-34(28-26-33)49(40-17-10-16-37-36-14-6-9-20-44(36)52-48(37)40)41-29-39-35-13-4-7-18-42(35)50-46(39)45-38-15-5-8-19-43(38)51-47(41)45/h1-29H. The van der Waals surface area contributed by atoms with Crippen LogP contribution >= 0.6 is 11.3 Å². The molecule has 8 aromatic carbocycles. The van der Waals surface area contributed by atoms with E-state index < -0.39 is 0 Å². The highest BCUT2D eigenvalue weighted by atomic mass is 32.1. The fourth-order valence-corrected chi connectivity index (χ4v) is 9.03. The van der Waals surface area contributed by atoms with Crippen LogP contribution in [0.4, 0.5) is 17.1 Å². The van der Waals surface area contributed by atoms with Gasteiger partial charge in [0.1, 0.15) is 16.7 Å². The van der Waals surface area contributed by atoms with Gasteiger partial charge in [-0.1, -0.05) is 133 Å². The molecule has 4 heteroatoms. The van der Waals surface area contributed by atoms with Gasteiger partial charge in [-0.15, -0.1) is 11.3 Å². The van der Waals surface area contributed by atoms with Crippen molar-refractivity contribution in [3.8, 4) is 22.3 Å². The molecule has 0 aliphatic rings. The van der Waals surface area contributed by atoms with E-state index in [4.69, 9.17) is 8.83 Å². The van der Waals surface area contributed by atoms with Gasteiger partial charge in [0, 0.05) is 37.3 Å². The van der Waals surface area contributed by atoms with E-state index in [1.807, 2.05) is 35.6 Å². The number of benzene rings is 8. The van der Waals surface area contributed by atoms with Gasteiger partial charge >= 0.3 is 0 Å². The zero-order chi connectivity index (χ0) is 34.2. The Morgan fingerprint density at radius 1 is 0.385 bits per heavy atom. The summed E-state index contributed by atoms with van der Waals surface area (Å²) in [5, 5.41) is 6.69. The fourth-order valence-electron chi connectivity index (χ4n) is 7.82. The average molecular weight is 684 g/mol. The van der Waals surface area contributed by atoms with E-state index >= 15 is 0 Å². The molecule has 0 radical (unpaired) electrons. The molecule has 3 heterocycles. The van der Waals surface area contributed by atoms with Crippen LogP contribution in [0.5, 0.6) is 0 Å². The molecule has 11 rings (SSSR count). The molecule has 52 heavy (non-hydrogen) atoms. The molecule has 0 saturated heterocycles. The Bertz CT molecular complexity index is 3110. The molecule has 3 aromatic heterocycles. The Kier molecular flexibility index (Phi) is 6.42. The lowest BCUT2D eigenvalue weighted by molar-refractivity contribution is 0.663. The van der Waals surface area contributed by atoms with Gasteiger partial charge in [-0.05, 0) is 64.7 Å². The van der Waals surface area contributed by atoms with Crippen LogP contribution in [-0.4, -0.2) is 0 Å². The summed E-state index contributed by atoms with van der Waals surface area (Å²) in [7, 11) is 0. The Morgan fingerprint density at radius 3 is 1.69 bits per heavy atom. The van der Waals surface area contributed by atoms with Gasteiger partial charge in [0.05, 0.1) is 21.5 Å². The summed E-state index contributed by atoms with van der Waals surface area (Å²) < 4.78 is 15.9. The molecule has 0 unspecified atom stereocenters. The first kappa shape index (κ1) is 29.1. The van der Waals surface area contributed by atoms with Gasteiger partial charge in [0.25, 0.3) is 0 Å². The first-order valence-electron chi connectivity index (χ1n) is 17.5. The second-order valence-electron chi connectivity index (χ2n) is 13.3. The van der Waals surface area contributed by atoms with Crippen molar-refractivity contribution in [1.29, 1.82) is 0 Å². The van der Waals surface area contributed by atoms with Gasteiger partial charge in [-0.2, -0.15) is 0 Å². The van der Waals surface area contributed by atoms with Crippen LogP contribution < -0.4 is 4.90 Å². The highest BCUT2D eigenvalue weighted by Crippen LogP contribution is 2.50. The number of nitrogens with zero attached hydrogens (tertiary/aromatic N) is 1. The van der Waals surface area contributed by atoms with Crippen LogP contribution in [0.25, 0.3) is 86.3 Å². The smallest absolute Gasteiger partial charge is 0.163 e. The molecule has 0 aliphatic carbocycles. The Morgan fingerprint density at radius 2 is 0.942 bits per heavy atom. The summed E-state index contributed by atoms with van der Waals surface area (Å²) >= 11 is 1.83. The number of furan rings is 2. The molecule has 0 spiro atoms. The van der Waals surface area contributed by atoms with Crippen molar-refractivity contribution < 1.29 is 8.83 Å². The molecular formula is C48H29NO2S. The summed E-state index contributed by atoms with van der Waals surface area (Å²) in [5.74, 6) is 0. The highest BCUT2D eigenvalue weighted by Gasteiger charge is 2.26. The zero-order valence-electron chi connectivity index (χ0n) is 27.9. The number of fused-ring (bicyclic) bond motifs is 10. The number of rotatable bonds is 5. The topological polar surface area (TPSA) is 29.5 Å². The maximum Gasteiger partial charge on any atom is 0.163 e. The van der Waals surface area contributed by atoms with E-state index in [1.54, 1.807) is 0 Å². The maximum absolute atomic E-state index is 6.83. The van der Waals surface area contributed by atoms with Gasteiger partial charge in [0.2, 0.25) is 0 Å². The Hall–Kier alpha value is -6.62. The van der Waals surface area contributed by atoms with Crippen LogP contribution in [0.1, 0.15) is 0 Å². The molecule has 3 nitrogen and oxygen atoms in total. The summed E-state index contributed by atoms with van der Waals surface area (Å²) in [4.78, 5) is 2.38. The minimum atomic E-state index is 0.798. The van der Waals surface area contributed by atoms with Crippen molar-refractivity contribution in [3.63, 3.8) is 0 Å². The number of thiophene rings is 1. The van der Waals surface area contributed by atoms with Gasteiger partial charge in [-0.25, -0.2) is 0 Å². The summed E-state index contributed by atoms with van der Waals surface area (Å²) in [5.41, 5.74) is 11.2. The lowest BCUT2D eigenvalue weighted by atomic mass is 10.00. The van der Waals surface area contributed by atoms with Crippen molar-refractivity contribution in [2.75, 3.05) is 4.90 Å². The second-order valence-corrected chi connectivity index (χ2v) is 14.3. The van der Waals surface area contributed by atoms with Gasteiger partial charge < -0.3 is 13.7 Å². The van der Waals surface area contributed by atoms with E-state index in [1.165, 1.54) is 36.9 Å². The zero-order valence-corrected chi connectivity index (χ0v) is 28.7. The average Bonchev–Trinajstić information content (AvgIpc) is 3.91. The third-order valence-electron chi connectivity index (χ3n) is 10.3. The van der Waals surface area contributed by atoms with E-state index in [9.17, 15) is 0 Å². The minimum Gasteiger partial charge on any atom is -0.455 e. The van der Waals surface area contributed by atoms with Crippen molar-refractivity contribution in [2.45, 2.75) is 0 Å². The van der Waals surface area contributed by atoms with Crippen molar-refractivity contribution in [1.82, 2.24) is 0 Å². The second kappa shape index (κ2) is 11.5. The monoisotopic (exact) mass is 683 g/mol. The van der Waals surface area contributed by atoms with Crippen molar-refractivity contribution in [3.05, 3.63) is 176 Å². The van der Waals surface area contributed by atoms with Crippen LogP contribution in [0.2, 0.25) is 0 Å². The lowest BCUT2D eigenvalue weighted by Crippen LogP contribution is -2.10. The number of para-hydroxylation sites is 2. The molecule has 0 atom stereocenters. The maximum atomic E-state index is 6.83. The molecule has 0 fully saturated rings. The number of hydrogen-bond donors (Lipinski definition) is 0. The molecule has 0 amide bonds. The number of hydrogen-bond acceptors (Lipinski definition) is 4.